The molecular weight excluding hydrogens is 296 g/mol. The van der Waals surface area contributed by atoms with Crippen LogP contribution in [0.3, 0.4) is 0 Å². The zero-order valence-electron chi connectivity index (χ0n) is 11.6. The number of aromatic nitrogens is 2. The summed E-state index contributed by atoms with van der Waals surface area (Å²) in [5.74, 6) is 0. The van der Waals surface area contributed by atoms with Crippen LogP contribution in [-0.2, 0) is 6.54 Å². The SMILES string of the molecule is Cc1csc2nc(CN3CCNCC3C)cc(=O)n12.Cl. The van der Waals surface area contributed by atoms with Gasteiger partial charge < -0.3 is 5.32 Å². The molecular formula is C13H19ClN4OS. The molecule has 1 fully saturated rings. The first-order valence-corrected chi connectivity index (χ1v) is 7.44. The molecule has 0 saturated carbocycles. The second kappa shape index (κ2) is 6.22. The van der Waals surface area contributed by atoms with Gasteiger partial charge in [-0.3, -0.25) is 14.1 Å². The molecule has 1 unspecified atom stereocenters. The van der Waals surface area contributed by atoms with Gasteiger partial charge in [0.25, 0.3) is 5.56 Å². The first-order valence-electron chi connectivity index (χ1n) is 6.56. The predicted octanol–water partition coefficient (Wildman–Crippen LogP) is 1.28. The van der Waals surface area contributed by atoms with E-state index in [-0.39, 0.29) is 18.0 Å². The van der Waals surface area contributed by atoms with Crippen molar-refractivity contribution in [3.8, 4) is 0 Å². The van der Waals surface area contributed by atoms with Gasteiger partial charge in [-0.25, -0.2) is 4.98 Å². The van der Waals surface area contributed by atoms with E-state index in [2.05, 4.69) is 22.1 Å². The maximum absolute atomic E-state index is 12.1. The van der Waals surface area contributed by atoms with E-state index in [4.69, 9.17) is 0 Å². The minimum Gasteiger partial charge on any atom is -0.314 e. The third-order valence-electron chi connectivity index (χ3n) is 3.63. The second-order valence-corrected chi connectivity index (χ2v) is 5.94. The standard InChI is InChI=1S/C13H18N4OS.ClH/c1-9-6-14-3-4-16(9)7-11-5-12(18)17-10(2)8-19-13(17)15-11;/h5,8-9,14H,3-4,6-7H2,1-2H3;1H. The van der Waals surface area contributed by atoms with E-state index in [0.717, 1.165) is 42.5 Å². The molecule has 0 aromatic carbocycles. The molecule has 2 aromatic heterocycles. The van der Waals surface area contributed by atoms with Crippen molar-refractivity contribution in [2.45, 2.75) is 26.4 Å². The Hall–Kier alpha value is -0.950. The van der Waals surface area contributed by atoms with Gasteiger partial charge in [0.1, 0.15) is 0 Å². The van der Waals surface area contributed by atoms with Crippen LogP contribution in [0.5, 0.6) is 0 Å². The molecule has 3 heterocycles. The van der Waals surface area contributed by atoms with Crippen molar-refractivity contribution in [1.29, 1.82) is 0 Å². The Morgan fingerprint density at radius 2 is 2.35 bits per heavy atom. The van der Waals surface area contributed by atoms with E-state index in [9.17, 15) is 4.79 Å². The minimum absolute atomic E-state index is 0. The largest absolute Gasteiger partial charge is 0.314 e. The molecule has 20 heavy (non-hydrogen) atoms. The van der Waals surface area contributed by atoms with Crippen LogP contribution in [-0.4, -0.2) is 40.0 Å². The number of hydrogen-bond donors (Lipinski definition) is 1. The summed E-state index contributed by atoms with van der Waals surface area (Å²) in [6, 6.07) is 2.15. The van der Waals surface area contributed by atoms with Crippen molar-refractivity contribution in [1.82, 2.24) is 19.6 Å². The zero-order valence-corrected chi connectivity index (χ0v) is 13.3. The molecule has 1 aliphatic rings. The summed E-state index contributed by atoms with van der Waals surface area (Å²) in [6.07, 6.45) is 0. The van der Waals surface area contributed by atoms with E-state index >= 15 is 0 Å². The van der Waals surface area contributed by atoms with Crippen molar-refractivity contribution in [3.63, 3.8) is 0 Å². The van der Waals surface area contributed by atoms with Gasteiger partial charge in [-0.15, -0.1) is 23.7 Å². The zero-order chi connectivity index (χ0) is 13.4. The number of nitrogens with zero attached hydrogens (tertiary/aromatic N) is 3. The summed E-state index contributed by atoms with van der Waals surface area (Å²) in [5.41, 5.74) is 1.86. The fraction of sp³-hybridized carbons (Fsp3) is 0.538. The van der Waals surface area contributed by atoms with E-state index in [1.165, 1.54) is 11.3 Å². The lowest BCUT2D eigenvalue weighted by atomic mass is 10.2. The van der Waals surface area contributed by atoms with Gasteiger partial charge in [0.2, 0.25) is 0 Å². The number of piperazine rings is 1. The predicted molar refractivity (Wildman–Crippen MR) is 84.1 cm³/mol. The number of thiazole rings is 1. The molecule has 2 aromatic rings. The summed E-state index contributed by atoms with van der Waals surface area (Å²) in [6.45, 7) is 7.90. The monoisotopic (exact) mass is 314 g/mol. The van der Waals surface area contributed by atoms with E-state index < -0.39 is 0 Å². The van der Waals surface area contributed by atoms with Crippen molar-refractivity contribution < 1.29 is 0 Å². The van der Waals surface area contributed by atoms with Crippen molar-refractivity contribution in [2.24, 2.45) is 0 Å². The smallest absolute Gasteiger partial charge is 0.259 e. The van der Waals surface area contributed by atoms with Gasteiger partial charge in [0.05, 0.1) is 5.69 Å². The van der Waals surface area contributed by atoms with Gasteiger partial charge >= 0.3 is 0 Å². The van der Waals surface area contributed by atoms with Gasteiger partial charge in [-0.2, -0.15) is 0 Å². The number of hydrogen-bond acceptors (Lipinski definition) is 5. The average Bonchev–Trinajstić information content (AvgIpc) is 2.74. The van der Waals surface area contributed by atoms with E-state index in [1.807, 2.05) is 12.3 Å². The Morgan fingerprint density at radius 1 is 1.55 bits per heavy atom. The maximum Gasteiger partial charge on any atom is 0.259 e. The summed E-state index contributed by atoms with van der Waals surface area (Å²) in [4.78, 5) is 19.9. The molecule has 1 atom stereocenters. The lowest BCUT2D eigenvalue weighted by Crippen LogP contribution is -2.49. The molecule has 0 bridgehead atoms. The Kier molecular flexibility index (Phi) is 4.80. The van der Waals surface area contributed by atoms with Gasteiger partial charge in [0.15, 0.2) is 4.96 Å². The molecule has 0 spiro atoms. The molecule has 110 valence electrons. The van der Waals surface area contributed by atoms with Crippen LogP contribution in [0.4, 0.5) is 0 Å². The molecule has 3 rings (SSSR count). The molecule has 1 aliphatic heterocycles. The van der Waals surface area contributed by atoms with Crippen LogP contribution in [0.15, 0.2) is 16.2 Å². The molecule has 7 heteroatoms. The summed E-state index contributed by atoms with van der Waals surface area (Å²) in [7, 11) is 0. The maximum atomic E-state index is 12.1. The Balaban J connectivity index is 0.00000147. The number of fused-ring (bicyclic) bond motifs is 1. The van der Waals surface area contributed by atoms with Crippen molar-refractivity contribution in [2.75, 3.05) is 19.6 Å². The number of rotatable bonds is 2. The molecule has 0 radical (unpaired) electrons. The highest BCUT2D eigenvalue weighted by molar-refractivity contribution is 7.15. The highest BCUT2D eigenvalue weighted by atomic mass is 35.5. The number of nitrogens with one attached hydrogen (secondary N) is 1. The molecule has 0 amide bonds. The van der Waals surface area contributed by atoms with Gasteiger partial charge in [-0.1, -0.05) is 0 Å². The van der Waals surface area contributed by atoms with E-state index in [1.54, 1.807) is 10.5 Å². The summed E-state index contributed by atoms with van der Waals surface area (Å²) >= 11 is 1.53. The van der Waals surface area contributed by atoms with E-state index in [0.29, 0.717) is 6.04 Å². The van der Waals surface area contributed by atoms with Crippen LogP contribution < -0.4 is 10.9 Å². The Bertz CT molecular complexity index is 653. The van der Waals surface area contributed by atoms with Crippen molar-refractivity contribution in [3.05, 3.63) is 33.2 Å². The third kappa shape index (κ3) is 2.88. The quantitative estimate of drug-likeness (QED) is 0.907. The Labute approximate surface area is 128 Å². The van der Waals surface area contributed by atoms with Crippen LogP contribution in [0.25, 0.3) is 4.96 Å². The normalized spacial score (nSPS) is 20.0. The molecule has 1 saturated heterocycles. The highest BCUT2D eigenvalue weighted by Crippen LogP contribution is 2.13. The van der Waals surface area contributed by atoms with Crippen LogP contribution in [0, 0.1) is 6.92 Å². The second-order valence-electron chi connectivity index (χ2n) is 5.10. The van der Waals surface area contributed by atoms with Gasteiger partial charge in [-0.05, 0) is 13.8 Å². The first-order chi connectivity index (χ1) is 9.15. The lowest BCUT2D eigenvalue weighted by molar-refractivity contribution is 0.164. The minimum atomic E-state index is 0. The summed E-state index contributed by atoms with van der Waals surface area (Å²) < 4.78 is 1.68. The highest BCUT2D eigenvalue weighted by Gasteiger charge is 2.19. The van der Waals surface area contributed by atoms with Crippen molar-refractivity contribution >= 4 is 28.7 Å². The molecule has 0 aliphatic carbocycles. The third-order valence-corrected chi connectivity index (χ3v) is 4.58. The molecule has 1 N–H and O–H groups in total. The van der Waals surface area contributed by atoms with Gasteiger partial charge in [0, 0.05) is 49.4 Å². The number of aryl methyl sites for hydroxylation is 1. The fourth-order valence-corrected chi connectivity index (χ4v) is 3.40. The van der Waals surface area contributed by atoms with Crippen LogP contribution in [0.2, 0.25) is 0 Å². The topological polar surface area (TPSA) is 49.6 Å². The number of halogens is 1. The van der Waals surface area contributed by atoms with Crippen LogP contribution in [0.1, 0.15) is 18.3 Å². The molecule has 5 nitrogen and oxygen atoms in total. The van der Waals surface area contributed by atoms with Crippen LogP contribution >= 0.6 is 23.7 Å². The lowest BCUT2D eigenvalue weighted by Gasteiger charge is -2.33. The average molecular weight is 315 g/mol. The first kappa shape index (κ1) is 15.4. The fourth-order valence-electron chi connectivity index (χ4n) is 2.51. The summed E-state index contributed by atoms with van der Waals surface area (Å²) in [5, 5.41) is 5.34. The Morgan fingerprint density at radius 3 is 3.10 bits per heavy atom.